The van der Waals surface area contributed by atoms with Gasteiger partial charge in [-0.05, 0) is 60.6 Å². The van der Waals surface area contributed by atoms with Crippen LogP contribution >= 0.6 is 11.8 Å². The van der Waals surface area contributed by atoms with E-state index in [1.807, 2.05) is 12.1 Å². The number of thioether (sulfide) groups is 1. The zero-order valence-corrected chi connectivity index (χ0v) is 14.1. The predicted molar refractivity (Wildman–Crippen MR) is 94.2 cm³/mol. The summed E-state index contributed by atoms with van der Waals surface area (Å²) in [6.45, 7) is 0.639. The molecule has 0 unspecified atom stereocenters. The lowest BCUT2D eigenvalue weighted by Crippen LogP contribution is -2.24. The number of nitriles is 1. The van der Waals surface area contributed by atoms with Gasteiger partial charge in [-0.1, -0.05) is 12.1 Å². The Hall–Kier alpha value is -2.32. The fourth-order valence-electron chi connectivity index (χ4n) is 2.11. The number of halogens is 1. The Kier molecular flexibility index (Phi) is 7.31. The quantitative estimate of drug-likeness (QED) is 0.584. The Balaban J connectivity index is 1.57. The Morgan fingerprint density at radius 1 is 1.12 bits per heavy atom. The third-order valence-corrected chi connectivity index (χ3v) is 4.55. The van der Waals surface area contributed by atoms with E-state index in [2.05, 4.69) is 11.4 Å². The molecule has 0 aliphatic rings. The van der Waals surface area contributed by atoms with E-state index >= 15 is 0 Å². The first kappa shape index (κ1) is 18.0. The highest BCUT2D eigenvalue weighted by Gasteiger charge is 2.02. The van der Waals surface area contributed by atoms with Crippen molar-refractivity contribution < 1.29 is 9.18 Å². The summed E-state index contributed by atoms with van der Waals surface area (Å²) < 4.78 is 12.8. The summed E-state index contributed by atoms with van der Waals surface area (Å²) in [6.07, 6.45) is 1.98. The second-order valence-corrected chi connectivity index (χ2v) is 6.48. The number of nitrogens with one attached hydrogen (secondary N) is 1. The average Bonchev–Trinajstić information content (AvgIpc) is 2.61. The van der Waals surface area contributed by atoms with Crippen LogP contribution in [0.3, 0.4) is 0 Å². The number of hydrogen-bond acceptors (Lipinski definition) is 3. The number of rotatable bonds is 8. The minimum atomic E-state index is -0.228. The number of amides is 1. The van der Waals surface area contributed by atoms with Crippen LogP contribution in [-0.2, 0) is 11.2 Å². The zero-order chi connectivity index (χ0) is 17.2. The van der Waals surface area contributed by atoms with Gasteiger partial charge in [0.2, 0.25) is 5.91 Å². The summed E-state index contributed by atoms with van der Waals surface area (Å²) in [5, 5.41) is 11.6. The van der Waals surface area contributed by atoms with Crippen LogP contribution in [-0.4, -0.2) is 18.2 Å². The van der Waals surface area contributed by atoms with Crippen LogP contribution in [0.5, 0.6) is 0 Å². The standard InChI is InChI=1S/C19H19FN2OS/c20-17-7-9-18(10-8-17)24-13-1-12-22-19(23)11-6-15-2-4-16(14-21)5-3-15/h2-5,7-10H,1,6,11-13H2,(H,22,23). The van der Waals surface area contributed by atoms with Crippen molar-refractivity contribution in [3.05, 3.63) is 65.5 Å². The highest BCUT2D eigenvalue weighted by atomic mass is 32.2. The van der Waals surface area contributed by atoms with E-state index in [-0.39, 0.29) is 11.7 Å². The van der Waals surface area contributed by atoms with Gasteiger partial charge in [0.15, 0.2) is 0 Å². The third kappa shape index (κ3) is 6.43. The number of aryl methyl sites for hydroxylation is 1. The maximum atomic E-state index is 12.8. The van der Waals surface area contributed by atoms with Crippen molar-refractivity contribution in [3.8, 4) is 6.07 Å². The molecule has 0 saturated carbocycles. The zero-order valence-electron chi connectivity index (χ0n) is 13.3. The van der Waals surface area contributed by atoms with Crippen LogP contribution in [0.4, 0.5) is 4.39 Å². The lowest BCUT2D eigenvalue weighted by atomic mass is 10.1. The van der Waals surface area contributed by atoms with E-state index in [1.54, 1.807) is 36.0 Å². The van der Waals surface area contributed by atoms with Crippen molar-refractivity contribution in [2.45, 2.75) is 24.2 Å². The van der Waals surface area contributed by atoms with Crippen molar-refractivity contribution in [2.24, 2.45) is 0 Å². The maximum Gasteiger partial charge on any atom is 0.220 e. The molecule has 0 spiro atoms. The Bertz CT molecular complexity index is 693. The molecule has 0 bridgehead atoms. The molecule has 2 rings (SSSR count). The number of carbonyl (C=O) groups is 1. The van der Waals surface area contributed by atoms with Gasteiger partial charge >= 0.3 is 0 Å². The van der Waals surface area contributed by atoms with Crippen LogP contribution in [0, 0.1) is 17.1 Å². The van der Waals surface area contributed by atoms with Gasteiger partial charge in [0, 0.05) is 17.9 Å². The van der Waals surface area contributed by atoms with Crippen LogP contribution in [0.1, 0.15) is 24.0 Å². The Labute approximate surface area is 145 Å². The lowest BCUT2D eigenvalue weighted by molar-refractivity contribution is -0.121. The normalized spacial score (nSPS) is 10.2. The molecule has 24 heavy (non-hydrogen) atoms. The van der Waals surface area contributed by atoms with Crippen molar-refractivity contribution in [1.82, 2.24) is 5.32 Å². The molecule has 2 aromatic carbocycles. The average molecular weight is 342 g/mol. The van der Waals surface area contributed by atoms with Crippen molar-refractivity contribution in [1.29, 1.82) is 5.26 Å². The van der Waals surface area contributed by atoms with E-state index in [0.717, 1.165) is 22.6 Å². The second-order valence-electron chi connectivity index (χ2n) is 5.31. The Morgan fingerprint density at radius 2 is 1.83 bits per heavy atom. The largest absolute Gasteiger partial charge is 0.356 e. The molecule has 5 heteroatoms. The van der Waals surface area contributed by atoms with Gasteiger partial charge in [0.25, 0.3) is 0 Å². The molecule has 1 N–H and O–H groups in total. The summed E-state index contributed by atoms with van der Waals surface area (Å²) in [4.78, 5) is 12.8. The minimum absolute atomic E-state index is 0.0335. The number of benzene rings is 2. The van der Waals surface area contributed by atoms with Crippen LogP contribution in [0.2, 0.25) is 0 Å². The molecule has 0 heterocycles. The molecular weight excluding hydrogens is 323 g/mol. The lowest BCUT2D eigenvalue weighted by Gasteiger charge is -2.06. The molecule has 0 atom stereocenters. The van der Waals surface area contributed by atoms with E-state index < -0.39 is 0 Å². The van der Waals surface area contributed by atoms with Gasteiger partial charge in [-0.15, -0.1) is 11.8 Å². The van der Waals surface area contributed by atoms with Crippen LogP contribution < -0.4 is 5.32 Å². The van der Waals surface area contributed by atoms with Crippen molar-refractivity contribution >= 4 is 17.7 Å². The van der Waals surface area contributed by atoms with Gasteiger partial charge < -0.3 is 5.32 Å². The van der Waals surface area contributed by atoms with Crippen molar-refractivity contribution in [3.63, 3.8) is 0 Å². The van der Waals surface area contributed by atoms with Crippen molar-refractivity contribution in [2.75, 3.05) is 12.3 Å². The molecule has 2 aromatic rings. The van der Waals surface area contributed by atoms with E-state index in [0.29, 0.717) is 24.9 Å². The first-order valence-corrected chi connectivity index (χ1v) is 8.80. The van der Waals surface area contributed by atoms with E-state index in [1.165, 1.54) is 12.1 Å². The maximum absolute atomic E-state index is 12.8. The molecule has 0 aliphatic carbocycles. The molecular formula is C19H19FN2OS. The number of carbonyl (C=O) groups excluding carboxylic acids is 1. The summed E-state index contributed by atoms with van der Waals surface area (Å²) in [5.74, 6) is 0.682. The number of hydrogen-bond donors (Lipinski definition) is 1. The van der Waals surface area contributed by atoms with Crippen LogP contribution in [0.25, 0.3) is 0 Å². The molecule has 0 aromatic heterocycles. The van der Waals surface area contributed by atoms with Gasteiger partial charge in [0.1, 0.15) is 5.82 Å². The summed E-state index contributed by atoms with van der Waals surface area (Å²) >= 11 is 1.65. The molecule has 0 radical (unpaired) electrons. The van der Waals surface area contributed by atoms with Gasteiger partial charge in [0.05, 0.1) is 11.6 Å². The fraction of sp³-hybridized carbons (Fsp3) is 0.263. The van der Waals surface area contributed by atoms with Gasteiger partial charge in [-0.2, -0.15) is 5.26 Å². The second kappa shape index (κ2) is 9.74. The van der Waals surface area contributed by atoms with Gasteiger partial charge in [-0.3, -0.25) is 4.79 Å². The molecule has 1 amide bonds. The van der Waals surface area contributed by atoms with Gasteiger partial charge in [-0.25, -0.2) is 4.39 Å². The topological polar surface area (TPSA) is 52.9 Å². The first-order chi connectivity index (χ1) is 11.7. The Morgan fingerprint density at radius 3 is 2.50 bits per heavy atom. The van der Waals surface area contributed by atoms with E-state index in [9.17, 15) is 9.18 Å². The minimum Gasteiger partial charge on any atom is -0.356 e. The summed E-state index contributed by atoms with van der Waals surface area (Å²) in [5.41, 5.74) is 1.68. The van der Waals surface area contributed by atoms with E-state index in [4.69, 9.17) is 5.26 Å². The summed E-state index contributed by atoms with van der Waals surface area (Å²) in [6, 6.07) is 15.8. The molecule has 124 valence electrons. The fourth-order valence-corrected chi connectivity index (χ4v) is 2.97. The highest BCUT2D eigenvalue weighted by molar-refractivity contribution is 7.99. The van der Waals surface area contributed by atoms with Crippen LogP contribution in [0.15, 0.2) is 53.4 Å². The summed E-state index contributed by atoms with van der Waals surface area (Å²) in [7, 11) is 0. The smallest absolute Gasteiger partial charge is 0.220 e. The SMILES string of the molecule is N#Cc1ccc(CCC(=O)NCCCSc2ccc(F)cc2)cc1. The molecule has 0 saturated heterocycles. The monoisotopic (exact) mass is 342 g/mol. The number of nitrogens with zero attached hydrogens (tertiary/aromatic N) is 1. The first-order valence-electron chi connectivity index (χ1n) is 7.81. The molecule has 3 nitrogen and oxygen atoms in total. The molecule has 0 fully saturated rings. The molecule has 0 aliphatic heterocycles. The predicted octanol–water partition coefficient (Wildman–Crippen LogP) is 3.93. The third-order valence-electron chi connectivity index (χ3n) is 3.45. The highest BCUT2D eigenvalue weighted by Crippen LogP contribution is 2.18.